The molecule has 1 aliphatic carbocycles. The molecule has 2 heterocycles. The Balaban J connectivity index is 1.47. The van der Waals surface area contributed by atoms with Crippen LogP contribution in [-0.2, 0) is 16.1 Å². The Bertz CT molecular complexity index is 834. The summed E-state index contributed by atoms with van der Waals surface area (Å²) in [4.78, 5) is 27.2. The van der Waals surface area contributed by atoms with Crippen molar-refractivity contribution in [1.82, 2.24) is 4.90 Å². The Morgan fingerprint density at radius 2 is 2.04 bits per heavy atom. The highest BCUT2D eigenvalue weighted by atomic mass is 16.5. The number of benzene rings is 1. The lowest BCUT2D eigenvalue weighted by Gasteiger charge is -2.22. The van der Waals surface area contributed by atoms with Gasteiger partial charge in [-0.05, 0) is 62.9 Å². The van der Waals surface area contributed by atoms with Crippen LogP contribution >= 0.6 is 0 Å². The van der Waals surface area contributed by atoms with E-state index in [4.69, 9.17) is 9.15 Å². The zero-order valence-electron chi connectivity index (χ0n) is 15.4. The summed E-state index contributed by atoms with van der Waals surface area (Å²) in [7, 11) is 0. The number of furan rings is 1. The molecule has 0 bridgehead atoms. The molecular weight excluding hydrogens is 344 g/mol. The van der Waals surface area contributed by atoms with Crippen LogP contribution in [0, 0.1) is 6.92 Å². The largest absolute Gasteiger partial charge is 0.464 e. The van der Waals surface area contributed by atoms with Crippen LogP contribution in [0.25, 0.3) is 0 Å². The standard InChI is InChI=1S/C21H24N2O4/c1-14-7-10-18(27-14)13-23(17-8-9-17)21(25)15-4-2-5-16(12-15)22-20(24)19-6-3-11-26-19/h2,4-5,7,10,12,17,19H,3,6,8-9,11,13H2,1H3,(H,22,24). The lowest BCUT2D eigenvalue weighted by Crippen LogP contribution is -2.32. The first-order valence-electron chi connectivity index (χ1n) is 9.49. The number of nitrogens with one attached hydrogen (secondary N) is 1. The van der Waals surface area contributed by atoms with Gasteiger partial charge in [-0.3, -0.25) is 9.59 Å². The number of nitrogens with zero attached hydrogens (tertiary/aromatic N) is 1. The molecule has 1 N–H and O–H groups in total. The average Bonchev–Trinajstić information content (AvgIpc) is 3.18. The molecular formula is C21H24N2O4. The van der Waals surface area contributed by atoms with Gasteiger partial charge < -0.3 is 19.4 Å². The minimum atomic E-state index is -0.394. The average molecular weight is 368 g/mol. The Labute approximate surface area is 158 Å². The summed E-state index contributed by atoms with van der Waals surface area (Å²) in [6.45, 7) is 2.98. The Morgan fingerprint density at radius 3 is 2.70 bits per heavy atom. The molecule has 2 fully saturated rings. The summed E-state index contributed by atoms with van der Waals surface area (Å²) < 4.78 is 11.1. The molecule has 1 saturated heterocycles. The van der Waals surface area contributed by atoms with E-state index in [1.165, 1.54) is 0 Å². The number of aryl methyl sites for hydroxylation is 1. The van der Waals surface area contributed by atoms with E-state index in [1.807, 2.05) is 24.0 Å². The number of carbonyl (C=O) groups is 2. The first kappa shape index (κ1) is 17.8. The van der Waals surface area contributed by atoms with Crippen molar-refractivity contribution >= 4 is 17.5 Å². The summed E-state index contributed by atoms with van der Waals surface area (Å²) >= 11 is 0. The van der Waals surface area contributed by atoms with Crippen LogP contribution in [0.4, 0.5) is 5.69 Å². The van der Waals surface area contributed by atoms with Crippen molar-refractivity contribution in [2.45, 2.75) is 51.3 Å². The third kappa shape index (κ3) is 4.22. The minimum absolute atomic E-state index is 0.0419. The van der Waals surface area contributed by atoms with Crippen LogP contribution in [0.1, 0.15) is 47.6 Å². The molecule has 1 aromatic heterocycles. The van der Waals surface area contributed by atoms with Gasteiger partial charge in [0.15, 0.2) is 0 Å². The number of rotatable bonds is 6. The molecule has 1 atom stereocenters. The SMILES string of the molecule is Cc1ccc(CN(C(=O)c2cccc(NC(=O)C3CCCO3)c2)C2CC2)o1. The van der Waals surface area contributed by atoms with Gasteiger partial charge in [-0.1, -0.05) is 6.07 Å². The molecule has 1 unspecified atom stereocenters. The van der Waals surface area contributed by atoms with E-state index in [1.54, 1.807) is 24.3 Å². The van der Waals surface area contributed by atoms with E-state index in [0.717, 1.165) is 37.2 Å². The molecule has 2 aliphatic rings. The Hall–Kier alpha value is -2.60. The van der Waals surface area contributed by atoms with Crippen molar-refractivity contribution in [2.75, 3.05) is 11.9 Å². The third-order valence-electron chi connectivity index (χ3n) is 4.97. The summed E-state index contributed by atoms with van der Waals surface area (Å²) in [5, 5.41) is 2.86. The number of amides is 2. The van der Waals surface area contributed by atoms with E-state index in [9.17, 15) is 9.59 Å². The highest BCUT2D eigenvalue weighted by molar-refractivity contribution is 5.98. The number of anilines is 1. The van der Waals surface area contributed by atoms with Gasteiger partial charge in [-0.15, -0.1) is 0 Å². The normalized spacial score (nSPS) is 19.1. The van der Waals surface area contributed by atoms with Crippen LogP contribution < -0.4 is 5.32 Å². The van der Waals surface area contributed by atoms with Gasteiger partial charge in [-0.2, -0.15) is 0 Å². The smallest absolute Gasteiger partial charge is 0.254 e. The lowest BCUT2D eigenvalue weighted by molar-refractivity contribution is -0.124. The molecule has 4 rings (SSSR count). The highest BCUT2D eigenvalue weighted by Crippen LogP contribution is 2.30. The number of hydrogen-bond acceptors (Lipinski definition) is 4. The molecule has 6 nitrogen and oxygen atoms in total. The lowest BCUT2D eigenvalue weighted by atomic mass is 10.1. The van der Waals surface area contributed by atoms with Crippen molar-refractivity contribution < 1.29 is 18.7 Å². The van der Waals surface area contributed by atoms with Gasteiger partial charge >= 0.3 is 0 Å². The minimum Gasteiger partial charge on any atom is -0.464 e. The third-order valence-corrected chi connectivity index (χ3v) is 4.97. The van der Waals surface area contributed by atoms with Crippen LogP contribution in [0.2, 0.25) is 0 Å². The predicted octanol–water partition coefficient (Wildman–Crippen LogP) is 3.51. The van der Waals surface area contributed by atoms with Crippen LogP contribution in [0.15, 0.2) is 40.8 Å². The molecule has 142 valence electrons. The maximum Gasteiger partial charge on any atom is 0.254 e. The fraction of sp³-hybridized carbons (Fsp3) is 0.429. The maximum absolute atomic E-state index is 13.1. The molecule has 0 radical (unpaired) electrons. The van der Waals surface area contributed by atoms with Crippen molar-refractivity contribution in [3.05, 3.63) is 53.5 Å². The fourth-order valence-electron chi connectivity index (χ4n) is 3.39. The maximum atomic E-state index is 13.1. The molecule has 2 amide bonds. The van der Waals surface area contributed by atoms with E-state index in [0.29, 0.717) is 24.4 Å². The van der Waals surface area contributed by atoms with Gasteiger partial charge in [0.25, 0.3) is 11.8 Å². The van der Waals surface area contributed by atoms with Gasteiger partial charge in [0, 0.05) is 23.9 Å². The first-order chi connectivity index (χ1) is 13.1. The predicted molar refractivity (Wildman–Crippen MR) is 100 cm³/mol. The fourth-order valence-corrected chi connectivity index (χ4v) is 3.39. The van der Waals surface area contributed by atoms with Crippen molar-refractivity contribution in [1.29, 1.82) is 0 Å². The second-order valence-electron chi connectivity index (χ2n) is 7.25. The van der Waals surface area contributed by atoms with Crippen molar-refractivity contribution in [2.24, 2.45) is 0 Å². The number of ether oxygens (including phenoxy) is 1. The first-order valence-corrected chi connectivity index (χ1v) is 9.49. The van der Waals surface area contributed by atoms with Gasteiger partial charge in [0.2, 0.25) is 0 Å². The molecule has 27 heavy (non-hydrogen) atoms. The Morgan fingerprint density at radius 1 is 1.19 bits per heavy atom. The van der Waals surface area contributed by atoms with E-state index in [2.05, 4.69) is 5.32 Å². The molecule has 0 spiro atoms. The second-order valence-corrected chi connectivity index (χ2v) is 7.25. The van der Waals surface area contributed by atoms with Crippen LogP contribution in [0.5, 0.6) is 0 Å². The molecule has 1 aliphatic heterocycles. The summed E-state index contributed by atoms with van der Waals surface area (Å²) in [6, 6.07) is 11.2. The van der Waals surface area contributed by atoms with Crippen LogP contribution in [0.3, 0.4) is 0 Å². The van der Waals surface area contributed by atoms with Gasteiger partial charge in [0.05, 0.1) is 6.54 Å². The van der Waals surface area contributed by atoms with E-state index >= 15 is 0 Å². The topological polar surface area (TPSA) is 71.8 Å². The Kier molecular flexibility index (Phi) is 4.99. The molecule has 6 heteroatoms. The quantitative estimate of drug-likeness (QED) is 0.847. The number of hydrogen-bond donors (Lipinski definition) is 1. The summed E-state index contributed by atoms with van der Waals surface area (Å²) in [5.74, 6) is 1.43. The second kappa shape index (κ2) is 7.56. The monoisotopic (exact) mass is 368 g/mol. The molecule has 1 aromatic carbocycles. The van der Waals surface area contributed by atoms with Crippen molar-refractivity contribution in [3.8, 4) is 0 Å². The molecule has 2 aromatic rings. The zero-order valence-corrected chi connectivity index (χ0v) is 15.4. The zero-order chi connectivity index (χ0) is 18.8. The van der Waals surface area contributed by atoms with Crippen LogP contribution in [-0.4, -0.2) is 35.5 Å². The number of carbonyl (C=O) groups excluding carboxylic acids is 2. The van der Waals surface area contributed by atoms with Gasteiger partial charge in [0.1, 0.15) is 17.6 Å². The van der Waals surface area contributed by atoms with E-state index < -0.39 is 6.10 Å². The van der Waals surface area contributed by atoms with Gasteiger partial charge in [-0.25, -0.2) is 0 Å². The summed E-state index contributed by atoms with van der Waals surface area (Å²) in [6.07, 6.45) is 3.28. The molecule has 1 saturated carbocycles. The highest BCUT2D eigenvalue weighted by Gasteiger charge is 2.34. The summed E-state index contributed by atoms with van der Waals surface area (Å²) in [5.41, 5.74) is 1.18. The van der Waals surface area contributed by atoms with Crippen molar-refractivity contribution in [3.63, 3.8) is 0 Å². The van der Waals surface area contributed by atoms with E-state index in [-0.39, 0.29) is 17.9 Å².